The van der Waals surface area contributed by atoms with E-state index in [2.05, 4.69) is 39.4 Å². The number of benzene rings is 1. The zero-order chi connectivity index (χ0) is 19.3. The number of hydrogen-bond donors (Lipinski definition) is 3. The predicted octanol–water partition coefficient (Wildman–Crippen LogP) is 1.95. The van der Waals surface area contributed by atoms with E-state index in [0.29, 0.717) is 44.6 Å². The van der Waals surface area contributed by atoms with Crippen LogP contribution in [0, 0.1) is 5.92 Å². The van der Waals surface area contributed by atoms with Crippen LogP contribution in [0.25, 0.3) is 0 Å². The third-order valence-electron chi connectivity index (χ3n) is 3.70. The van der Waals surface area contributed by atoms with Gasteiger partial charge in [-0.2, -0.15) is 0 Å². The van der Waals surface area contributed by atoms with Crippen LogP contribution in [0.15, 0.2) is 35.3 Å². The van der Waals surface area contributed by atoms with Crippen LogP contribution in [-0.2, 0) is 21.4 Å². The highest BCUT2D eigenvalue weighted by atomic mass is 127. The first-order valence-electron chi connectivity index (χ1n) is 9.00. The smallest absolute Gasteiger partial charge is 0.211 e. The molecule has 0 aliphatic rings. The molecule has 0 saturated heterocycles. The van der Waals surface area contributed by atoms with Gasteiger partial charge in [0.25, 0.3) is 0 Å². The van der Waals surface area contributed by atoms with E-state index >= 15 is 0 Å². The molecule has 1 aromatic carbocycles. The van der Waals surface area contributed by atoms with Gasteiger partial charge in [0.2, 0.25) is 10.0 Å². The molecule has 156 valence electrons. The normalized spacial score (nSPS) is 12.9. The van der Waals surface area contributed by atoms with E-state index in [1.165, 1.54) is 5.56 Å². The number of aliphatic imine (C=N–C) groups is 1. The van der Waals surface area contributed by atoms with Gasteiger partial charge in [-0.15, -0.1) is 24.0 Å². The van der Waals surface area contributed by atoms with Crippen LogP contribution in [0.5, 0.6) is 0 Å². The Morgan fingerprint density at radius 1 is 1.19 bits per heavy atom. The molecule has 0 fully saturated rings. The van der Waals surface area contributed by atoms with Gasteiger partial charge in [-0.3, -0.25) is 4.99 Å². The Morgan fingerprint density at radius 2 is 1.89 bits per heavy atom. The van der Waals surface area contributed by atoms with Crippen LogP contribution in [0.1, 0.15) is 25.8 Å². The van der Waals surface area contributed by atoms with Gasteiger partial charge in [0.15, 0.2) is 5.96 Å². The third kappa shape index (κ3) is 13.0. The van der Waals surface area contributed by atoms with Crippen LogP contribution in [0.4, 0.5) is 0 Å². The first-order valence-corrected chi connectivity index (χ1v) is 10.7. The summed E-state index contributed by atoms with van der Waals surface area (Å²) in [5, 5.41) is 6.43. The Balaban J connectivity index is 0.00000676. The summed E-state index contributed by atoms with van der Waals surface area (Å²) in [7, 11) is -1.40. The topological polar surface area (TPSA) is 91.8 Å². The second-order valence-corrected chi connectivity index (χ2v) is 8.23. The van der Waals surface area contributed by atoms with E-state index < -0.39 is 10.0 Å². The van der Waals surface area contributed by atoms with Crippen molar-refractivity contribution in [1.29, 1.82) is 0 Å². The molecule has 0 saturated carbocycles. The van der Waals surface area contributed by atoms with Crippen LogP contribution in [0.2, 0.25) is 0 Å². The Hall–Kier alpha value is -0.910. The van der Waals surface area contributed by atoms with Crippen LogP contribution < -0.4 is 15.4 Å². The molecule has 0 radical (unpaired) electrons. The van der Waals surface area contributed by atoms with Gasteiger partial charge in [0.05, 0.1) is 19.0 Å². The van der Waals surface area contributed by atoms with E-state index in [-0.39, 0.29) is 29.7 Å². The number of halogens is 1. The fraction of sp³-hybridized carbons (Fsp3) is 0.611. The number of rotatable bonds is 12. The summed E-state index contributed by atoms with van der Waals surface area (Å²) in [6.07, 6.45) is 0.690. The maximum Gasteiger partial charge on any atom is 0.211 e. The molecule has 0 spiro atoms. The van der Waals surface area contributed by atoms with Crippen molar-refractivity contribution in [3.63, 3.8) is 0 Å². The first-order chi connectivity index (χ1) is 12.5. The van der Waals surface area contributed by atoms with Gasteiger partial charge in [-0.05, 0) is 24.8 Å². The highest BCUT2D eigenvalue weighted by molar-refractivity contribution is 14.0. The van der Waals surface area contributed by atoms with Crippen LogP contribution >= 0.6 is 24.0 Å². The van der Waals surface area contributed by atoms with E-state index in [1.54, 1.807) is 14.0 Å². The maximum atomic E-state index is 11.3. The van der Waals surface area contributed by atoms with Gasteiger partial charge >= 0.3 is 0 Å². The minimum absolute atomic E-state index is 0. The zero-order valence-electron chi connectivity index (χ0n) is 16.4. The largest absolute Gasteiger partial charge is 0.376 e. The molecule has 0 aliphatic heterocycles. The summed E-state index contributed by atoms with van der Waals surface area (Å²) in [5.41, 5.74) is 1.17. The van der Waals surface area contributed by atoms with E-state index in [1.807, 2.05) is 18.2 Å². The first kappa shape index (κ1) is 26.1. The highest BCUT2D eigenvalue weighted by Crippen LogP contribution is 2.02. The van der Waals surface area contributed by atoms with E-state index in [4.69, 9.17) is 4.74 Å². The minimum atomic E-state index is -3.11. The van der Waals surface area contributed by atoms with Crippen LogP contribution in [0.3, 0.4) is 0 Å². The molecule has 1 atom stereocenters. The molecule has 0 aromatic heterocycles. The second kappa shape index (κ2) is 15.1. The van der Waals surface area contributed by atoms with Gasteiger partial charge in [0.1, 0.15) is 0 Å². The van der Waals surface area contributed by atoms with Gasteiger partial charge < -0.3 is 15.4 Å². The standard InChI is InChI=1S/C18H32N4O3S.HI/c1-4-26(23,24)22-12-8-11-20-18(19-3)21-13-16(2)14-25-15-17-9-6-5-7-10-17;/h5-7,9-10,16,22H,4,8,11-15H2,1-3H3,(H2,19,20,21);1H. The second-order valence-electron chi connectivity index (χ2n) is 6.14. The van der Waals surface area contributed by atoms with Crippen molar-refractivity contribution in [2.45, 2.75) is 26.9 Å². The Kier molecular flexibility index (Phi) is 14.6. The summed E-state index contributed by atoms with van der Waals surface area (Å²) in [4.78, 5) is 4.17. The van der Waals surface area contributed by atoms with Crippen molar-refractivity contribution in [2.24, 2.45) is 10.9 Å². The highest BCUT2D eigenvalue weighted by Gasteiger charge is 2.06. The Labute approximate surface area is 180 Å². The average molecular weight is 512 g/mol. The fourth-order valence-electron chi connectivity index (χ4n) is 2.13. The summed E-state index contributed by atoms with van der Waals surface area (Å²) >= 11 is 0. The fourth-order valence-corrected chi connectivity index (χ4v) is 2.79. The predicted molar refractivity (Wildman–Crippen MR) is 122 cm³/mol. The van der Waals surface area contributed by atoms with Gasteiger partial charge in [-0.1, -0.05) is 37.3 Å². The molecule has 27 heavy (non-hydrogen) atoms. The molecule has 1 aromatic rings. The number of sulfonamides is 1. The lowest BCUT2D eigenvalue weighted by Crippen LogP contribution is -2.41. The Bertz CT molecular complexity index is 627. The summed E-state index contributed by atoms with van der Waals surface area (Å²) in [6.45, 7) is 6.83. The zero-order valence-corrected chi connectivity index (χ0v) is 19.5. The average Bonchev–Trinajstić information content (AvgIpc) is 2.64. The van der Waals surface area contributed by atoms with Crippen molar-refractivity contribution in [3.8, 4) is 0 Å². The number of guanidine groups is 1. The third-order valence-corrected chi connectivity index (χ3v) is 5.11. The van der Waals surface area contributed by atoms with Gasteiger partial charge in [-0.25, -0.2) is 13.1 Å². The lowest BCUT2D eigenvalue weighted by Gasteiger charge is -2.16. The molecule has 0 amide bonds. The molecule has 9 heteroatoms. The summed E-state index contributed by atoms with van der Waals surface area (Å²) < 4.78 is 30.9. The van der Waals surface area contributed by atoms with E-state index in [9.17, 15) is 8.42 Å². The molecular weight excluding hydrogens is 479 g/mol. The Morgan fingerprint density at radius 3 is 2.52 bits per heavy atom. The lowest BCUT2D eigenvalue weighted by atomic mass is 10.2. The summed E-state index contributed by atoms with van der Waals surface area (Å²) in [5.74, 6) is 1.15. The number of ether oxygens (including phenoxy) is 1. The van der Waals surface area contributed by atoms with Crippen molar-refractivity contribution < 1.29 is 13.2 Å². The van der Waals surface area contributed by atoms with Crippen molar-refractivity contribution in [1.82, 2.24) is 15.4 Å². The SMILES string of the molecule is CCS(=O)(=O)NCCCNC(=NC)NCC(C)COCc1ccccc1.I. The van der Waals surface area contributed by atoms with Crippen LogP contribution in [-0.4, -0.2) is 53.4 Å². The molecule has 0 heterocycles. The lowest BCUT2D eigenvalue weighted by molar-refractivity contribution is 0.0931. The molecule has 1 rings (SSSR count). The molecule has 0 bridgehead atoms. The minimum Gasteiger partial charge on any atom is -0.376 e. The number of hydrogen-bond acceptors (Lipinski definition) is 4. The van der Waals surface area contributed by atoms with Crippen molar-refractivity contribution in [2.75, 3.05) is 39.0 Å². The summed E-state index contributed by atoms with van der Waals surface area (Å²) in [6, 6.07) is 10.1. The monoisotopic (exact) mass is 512 g/mol. The number of nitrogens with one attached hydrogen (secondary N) is 3. The van der Waals surface area contributed by atoms with Crippen molar-refractivity contribution in [3.05, 3.63) is 35.9 Å². The molecule has 7 nitrogen and oxygen atoms in total. The molecule has 1 unspecified atom stereocenters. The molecule has 0 aliphatic carbocycles. The van der Waals surface area contributed by atoms with Crippen molar-refractivity contribution >= 4 is 40.0 Å². The molecular formula is C18H33IN4O3S. The van der Waals surface area contributed by atoms with Gasteiger partial charge in [0, 0.05) is 26.7 Å². The molecule has 3 N–H and O–H groups in total. The van der Waals surface area contributed by atoms with E-state index in [0.717, 1.165) is 6.54 Å². The maximum absolute atomic E-state index is 11.3. The quantitative estimate of drug-likeness (QED) is 0.172. The number of nitrogens with zero attached hydrogens (tertiary/aromatic N) is 1.